The van der Waals surface area contributed by atoms with Crippen molar-refractivity contribution in [3.63, 3.8) is 0 Å². The number of fused-ring (bicyclic) bond motifs is 1. The summed E-state index contributed by atoms with van der Waals surface area (Å²) < 4.78 is 1.33. The van der Waals surface area contributed by atoms with E-state index in [1.165, 1.54) is 4.68 Å². The molecule has 0 radical (unpaired) electrons. The Hall–Kier alpha value is -2.70. The van der Waals surface area contributed by atoms with Crippen LogP contribution in [0.25, 0.3) is 10.8 Å². The number of carbonyl (C=O) groups excluding carboxylic acids is 2. The molecule has 1 aromatic carbocycles. The van der Waals surface area contributed by atoms with E-state index in [0.717, 1.165) is 0 Å². The average Bonchev–Trinajstić information content (AvgIpc) is 2.62. The lowest BCUT2D eigenvalue weighted by Crippen LogP contribution is -2.40. The van der Waals surface area contributed by atoms with Crippen molar-refractivity contribution >= 4 is 22.6 Å². The van der Waals surface area contributed by atoms with Gasteiger partial charge in [0.15, 0.2) is 5.69 Å². The van der Waals surface area contributed by atoms with Gasteiger partial charge in [0, 0.05) is 25.0 Å². The predicted octanol–water partition coefficient (Wildman–Crippen LogP) is 1.65. The number of hydrogen-bond acceptors (Lipinski definition) is 4. The molecule has 7 heteroatoms. The van der Waals surface area contributed by atoms with Gasteiger partial charge in [-0.2, -0.15) is 5.10 Å². The van der Waals surface area contributed by atoms with Gasteiger partial charge in [-0.05, 0) is 25.8 Å². The van der Waals surface area contributed by atoms with Crippen molar-refractivity contribution in [2.24, 2.45) is 5.92 Å². The summed E-state index contributed by atoms with van der Waals surface area (Å²) in [5, 5.41) is 7.84. The molecule has 26 heavy (non-hydrogen) atoms. The molecule has 2 aromatic rings. The second-order valence-corrected chi connectivity index (χ2v) is 6.52. The third kappa shape index (κ3) is 4.28. The molecule has 0 aliphatic rings. The summed E-state index contributed by atoms with van der Waals surface area (Å²) in [6, 6.07) is 6.90. The minimum absolute atomic E-state index is 0.0974. The van der Waals surface area contributed by atoms with Crippen LogP contribution in [0.5, 0.6) is 0 Å². The molecule has 140 valence electrons. The SMILES string of the molecule is CCN(CC)C(=O)CNC(=O)c1nn(CC(C)C)c(=O)c2ccccc12. The third-order valence-corrected chi connectivity index (χ3v) is 4.14. The fraction of sp³-hybridized carbons (Fsp3) is 0.474. The topological polar surface area (TPSA) is 84.3 Å². The smallest absolute Gasteiger partial charge is 0.274 e. The average molecular weight is 358 g/mol. The Bertz CT molecular complexity index is 853. The highest BCUT2D eigenvalue weighted by Crippen LogP contribution is 2.13. The molecule has 0 fully saturated rings. The van der Waals surface area contributed by atoms with Gasteiger partial charge in [-0.15, -0.1) is 0 Å². The minimum Gasteiger partial charge on any atom is -0.342 e. The molecule has 0 saturated heterocycles. The predicted molar refractivity (Wildman–Crippen MR) is 101 cm³/mol. The second kappa shape index (κ2) is 8.60. The van der Waals surface area contributed by atoms with Gasteiger partial charge in [0.1, 0.15) is 0 Å². The van der Waals surface area contributed by atoms with Crippen LogP contribution in [-0.4, -0.2) is 46.1 Å². The first-order valence-electron chi connectivity index (χ1n) is 8.94. The normalized spacial score (nSPS) is 11.0. The van der Waals surface area contributed by atoms with Gasteiger partial charge in [0.25, 0.3) is 11.5 Å². The van der Waals surface area contributed by atoms with Crippen LogP contribution in [-0.2, 0) is 11.3 Å². The zero-order chi connectivity index (χ0) is 19.3. The monoisotopic (exact) mass is 358 g/mol. The first-order chi connectivity index (χ1) is 12.4. The van der Waals surface area contributed by atoms with Crippen LogP contribution in [0, 0.1) is 5.92 Å². The standard InChI is InChI=1S/C19H26N4O3/c1-5-22(6-2)16(24)11-20-18(25)17-14-9-7-8-10-15(14)19(26)23(21-17)12-13(3)4/h7-10,13H,5-6,11-12H2,1-4H3,(H,20,25). The Morgan fingerprint density at radius 1 is 1.15 bits per heavy atom. The van der Waals surface area contributed by atoms with Gasteiger partial charge >= 0.3 is 0 Å². The molecule has 0 bridgehead atoms. The van der Waals surface area contributed by atoms with Crippen LogP contribution in [0.15, 0.2) is 29.1 Å². The van der Waals surface area contributed by atoms with E-state index in [9.17, 15) is 14.4 Å². The Morgan fingerprint density at radius 3 is 2.35 bits per heavy atom. The molecule has 0 spiro atoms. The summed E-state index contributed by atoms with van der Waals surface area (Å²) in [6.45, 7) is 9.23. The number of nitrogens with one attached hydrogen (secondary N) is 1. The molecule has 0 saturated carbocycles. The maximum absolute atomic E-state index is 12.7. The molecule has 2 amide bonds. The molecular weight excluding hydrogens is 332 g/mol. The summed E-state index contributed by atoms with van der Waals surface area (Å²) in [4.78, 5) is 39.0. The van der Waals surface area contributed by atoms with E-state index in [1.54, 1.807) is 29.2 Å². The number of nitrogens with zero attached hydrogens (tertiary/aromatic N) is 3. The highest BCUT2D eigenvalue weighted by molar-refractivity contribution is 6.05. The summed E-state index contributed by atoms with van der Waals surface area (Å²) in [7, 11) is 0. The number of amides is 2. The van der Waals surface area contributed by atoms with Gasteiger partial charge in [-0.1, -0.05) is 32.0 Å². The van der Waals surface area contributed by atoms with Gasteiger partial charge in [-0.25, -0.2) is 4.68 Å². The van der Waals surface area contributed by atoms with Crippen LogP contribution in [0.2, 0.25) is 0 Å². The largest absolute Gasteiger partial charge is 0.342 e. The van der Waals surface area contributed by atoms with E-state index >= 15 is 0 Å². The van der Waals surface area contributed by atoms with Gasteiger partial charge in [0.2, 0.25) is 5.91 Å². The van der Waals surface area contributed by atoms with Gasteiger partial charge < -0.3 is 10.2 Å². The van der Waals surface area contributed by atoms with Crippen molar-refractivity contribution in [2.75, 3.05) is 19.6 Å². The van der Waals surface area contributed by atoms with E-state index in [2.05, 4.69) is 10.4 Å². The fourth-order valence-corrected chi connectivity index (χ4v) is 2.80. The van der Waals surface area contributed by atoms with Crippen molar-refractivity contribution < 1.29 is 9.59 Å². The van der Waals surface area contributed by atoms with Crippen molar-refractivity contribution in [1.29, 1.82) is 0 Å². The fourth-order valence-electron chi connectivity index (χ4n) is 2.80. The lowest BCUT2D eigenvalue weighted by Gasteiger charge is -2.19. The first-order valence-corrected chi connectivity index (χ1v) is 8.94. The maximum atomic E-state index is 12.7. The van der Waals surface area contributed by atoms with Crippen molar-refractivity contribution in [2.45, 2.75) is 34.2 Å². The maximum Gasteiger partial charge on any atom is 0.274 e. The molecule has 0 unspecified atom stereocenters. The van der Waals surface area contributed by atoms with E-state index in [-0.39, 0.29) is 29.6 Å². The number of likely N-dealkylation sites (N-methyl/N-ethyl adjacent to an activating group) is 1. The molecule has 1 N–H and O–H groups in total. The molecule has 0 aliphatic carbocycles. The van der Waals surface area contributed by atoms with Crippen LogP contribution in [0.4, 0.5) is 0 Å². The van der Waals surface area contributed by atoms with Crippen molar-refractivity contribution in [3.05, 3.63) is 40.3 Å². The van der Waals surface area contributed by atoms with E-state index < -0.39 is 5.91 Å². The van der Waals surface area contributed by atoms with Gasteiger partial charge in [-0.3, -0.25) is 14.4 Å². The van der Waals surface area contributed by atoms with Crippen molar-refractivity contribution in [3.8, 4) is 0 Å². The van der Waals surface area contributed by atoms with Gasteiger partial charge in [0.05, 0.1) is 11.9 Å². The third-order valence-electron chi connectivity index (χ3n) is 4.14. The Kier molecular flexibility index (Phi) is 6.49. The molecule has 0 atom stereocenters. The molecule has 2 rings (SSSR count). The number of carbonyl (C=O) groups is 2. The lowest BCUT2D eigenvalue weighted by molar-refractivity contribution is -0.129. The quantitative estimate of drug-likeness (QED) is 0.816. The lowest BCUT2D eigenvalue weighted by atomic mass is 10.1. The molecule has 1 heterocycles. The summed E-state index contributed by atoms with van der Waals surface area (Å²) >= 11 is 0. The van der Waals surface area contributed by atoms with E-state index in [0.29, 0.717) is 30.4 Å². The highest BCUT2D eigenvalue weighted by Gasteiger charge is 2.18. The summed E-state index contributed by atoms with van der Waals surface area (Å²) in [5.74, 6) is -0.399. The Labute approximate surface area is 153 Å². The number of aromatic nitrogens is 2. The zero-order valence-electron chi connectivity index (χ0n) is 15.8. The van der Waals surface area contributed by atoms with Crippen LogP contribution in [0.3, 0.4) is 0 Å². The number of hydrogen-bond donors (Lipinski definition) is 1. The molecule has 1 aromatic heterocycles. The number of rotatable bonds is 7. The summed E-state index contributed by atoms with van der Waals surface area (Å²) in [6.07, 6.45) is 0. The summed E-state index contributed by atoms with van der Waals surface area (Å²) in [5.41, 5.74) is -0.0572. The van der Waals surface area contributed by atoms with Crippen molar-refractivity contribution in [1.82, 2.24) is 20.0 Å². The van der Waals surface area contributed by atoms with E-state index in [1.807, 2.05) is 27.7 Å². The molecular formula is C19H26N4O3. The van der Waals surface area contributed by atoms with Crippen LogP contribution in [0.1, 0.15) is 38.2 Å². The zero-order valence-corrected chi connectivity index (χ0v) is 15.8. The second-order valence-electron chi connectivity index (χ2n) is 6.52. The number of benzene rings is 1. The molecule has 7 nitrogen and oxygen atoms in total. The van der Waals surface area contributed by atoms with Crippen LogP contribution >= 0.6 is 0 Å². The van der Waals surface area contributed by atoms with Crippen LogP contribution < -0.4 is 10.9 Å². The Balaban J connectivity index is 2.35. The molecule has 0 aliphatic heterocycles. The Morgan fingerprint density at radius 2 is 1.77 bits per heavy atom. The highest BCUT2D eigenvalue weighted by atomic mass is 16.2. The van der Waals surface area contributed by atoms with E-state index in [4.69, 9.17) is 0 Å². The first kappa shape index (κ1) is 19.6. The minimum atomic E-state index is -0.459.